The van der Waals surface area contributed by atoms with Crippen molar-refractivity contribution < 1.29 is 4.43 Å². The summed E-state index contributed by atoms with van der Waals surface area (Å²) in [6.07, 6.45) is 7.04. The Balaban J connectivity index is 3.75. The quantitative estimate of drug-likeness (QED) is 0.557. The summed E-state index contributed by atoms with van der Waals surface area (Å²) in [5.41, 5.74) is 0. The number of unbranched alkanes of at least 4 members (excludes halogenated alkanes) is 1. The maximum atomic E-state index is 5.59. The summed E-state index contributed by atoms with van der Waals surface area (Å²) in [5, 5.41) is 0. The molecule has 0 rings (SSSR count). The summed E-state index contributed by atoms with van der Waals surface area (Å²) in [7, 11) is 0.893. The summed E-state index contributed by atoms with van der Waals surface area (Å²) in [4.78, 5) is 0. The Morgan fingerprint density at radius 3 is 2.17 bits per heavy atom. The summed E-state index contributed by atoms with van der Waals surface area (Å²) >= 11 is 0. The highest BCUT2D eigenvalue weighted by atomic mass is 28.2. The standard InChI is InChI=1S/C10H24OSi/c1-4-7-8-9(5-2)10(6-3)11-12/h9-10H,4-8H2,1-3,12H3. The van der Waals surface area contributed by atoms with Crippen molar-refractivity contribution in [3.63, 3.8) is 0 Å². The molecule has 74 valence electrons. The van der Waals surface area contributed by atoms with Gasteiger partial charge in [0.1, 0.15) is 10.5 Å². The minimum absolute atomic E-state index is 0.549. The third kappa shape index (κ3) is 4.26. The van der Waals surface area contributed by atoms with Crippen LogP contribution >= 0.6 is 0 Å². The van der Waals surface area contributed by atoms with Crippen molar-refractivity contribution in [3.8, 4) is 0 Å². The summed E-state index contributed by atoms with van der Waals surface area (Å²) in [5.74, 6) is 0.812. The van der Waals surface area contributed by atoms with E-state index in [1.165, 1.54) is 32.1 Å². The molecule has 0 aromatic carbocycles. The van der Waals surface area contributed by atoms with Crippen molar-refractivity contribution in [2.75, 3.05) is 0 Å². The molecule has 0 bridgehead atoms. The van der Waals surface area contributed by atoms with Crippen LogP contribution in [0.15, 0.2) is 0 Å². The van der Waals surface area contributed by atoms with Crippen LogP contribution < -0.4 is 0 Å². The second kappa shape index (κ2) is 7.81. The lowest BCUT2D eigenvalue weighted by atomic mass is 9.92. The first-order valence-corrected chi connectivity index (χ1v) is 6.14. The highest BCUT2D eigenvalue weighted by Crippen LogP contribution is 2.20. The Labute approximate surface area is 80.4 Å². The molecule has 0 aromatic rings. The van der Waals surface area contributed by atoms with Gasteiger partial charge in [0, 0.05) is 6.10 Å². The van der Waals surface area contributed by atoms with Crippen LogP contribution in [0.25, 0.3) is 0 Å². The molecule has 0 saturated carbocycles. The molecule has 0 aromatic heterocycles. The lowest BCUT2D eigenvalue weighted by Gasteiger charge is -2.24. The molecular formula is C10H24OSi. The Bertz CT molecular complexity index is 91.8. The summed E-state index contributed by atoms with van der Waals surface area (Å²) < 4.78 is 5.59. The van der Waals surface area contributed by atoms with Crippen LogP contribution in [-0.4, -0.2) is 16.6 Å². The van der Waals surface area contributed by atoms with Gasteiger partial charge < -0.3 is 4.43 Å². The molecule has 0 radical (unpaired) electrons. The van der Waals surface area contributed by atoms with Crippen molar-refractivity contribution in [3.05, 3.63) is 0 Å². The Kier molecular flexibility index (Phi) is 7.92. The molecular weight excluding hydrogens is 164 g/mol. The second-order valence-corrected chi connectivity index (χ2v) is 3.96. The predicted molar refractivity (Wildman–Crippen MR) is 58.4 cm³/mol. The second-order valence-electron chi connectivity index (χ2n) is 3.49. The van der Waals surface area contributed by atoms with Crippen LogP contribution in [0.3, 0.4) is 0 Å². The zero-order valence-electron chi connectivity index (χ0n) is 9.10. The van der Waals surface area contributed by atoms with E-state index in [9.17, 15) is 0 Å². The van der Waals surface area contributed by atoms with Gasteiger partial charge in [-0.2, -0.15) is 0 Å². The van der Waals surface area contributed by atoms with Gasteiger partial charge in [-0.05, 0) is 18.8 Å². The smallest absolute Gasteiger partial charge is 0.146 e. The highest BCUT2D eigenvalue weighted by molar-refractivity contribution is 5.98. The van der Waals surface area contributed by atoms with E-state index in [1.807, 2.05) is 0 Å². The molecule has 12 heavy (non-hydrogen) atoms. The molecule has 0 aliphatic rings. The average Bonchev–Trinajstić information content (AvgIpc) is 2.12. The van der Waals surface area contributed by atoms with E-state index < -0.39 is 0 Å². The molecule has 0 heterocycles. The van der Waals surface area contributed by atoms with E-state index in [0.717, 1.165) is 16.4 Å². The first-order chi connectivity index (χ1) is 5.79. The largest absolute Gasteiger partial charge is 0.425 e. The number of hydrogen-bond acceptors (Lipinski definition) is 1. The van der Waals surface area contributed by atoms with Gasteiger partial charge in [-0.15, -0.1) is 0 Å². The van der Waals surface area contributed by atoms with Crippen LogP contribution in [0.5, 0.6) is 0 Å². The first kappa shape index (κ1) is 12.2. The van der Waals surface area contributed by atoms with Gasteiger partial charge in [0.2, 0.25) is 0 Å². The highest BCUT2D eigenvalue weighted by Gasteiger charge is 2.15. The van der Waals surface area contributed by atoms with Crippen LogP contribution in [0.4, 0.5) is 0 Å². The topological polar surface area (TPSA) is 9.23 Å². The minimum atomic E-state index is 0.549. The van der Waals surface area contributed by atoms with Gasteiger partial charge in [0.15, 0.2) is 0 Å². The number of rotatable bonds is 7. The van der Waals surface area contributed by atoms with Crippen LogP contribution in [0, 0.1) is 5.92 Å². The Morgan fingerprint density at radius 1 is 1.17 bits per heavy atom. The predicted octanol–water partition coefficient (Wildman–Crippen LogP) is 2.28. The lowest BCUT2D eigenvalue weighted by Crippen LogP contribution is -2.21. The normalized spacial score (nSPS) is 16.2. The molecule has 0 amide bonds. The fraction of sp³-hybridized carbons (Fsp3) is 1.00. The monoisotopic (exact) mass is 188 g/mol. The fourth-order valence-electron chi connectivity index (χ4n) is 1.81. The molecule has 1 nitrogen and oxygen atoms in total. The molecule has 2 unspecified atom stereocenters. The van der Waals surface area contributed by atoms with Crippen molar-refractivity contribution in [1.29, 1.82) is 0 Å². The SMILES string of the molecule is CCCCC(CC)C(CC)O[SiH3]. The van der Waals surface area contributed by atoms with E-state index in [4.69, 9.17) is 4.43 Å². The van der Waals surface area contributed by atoms with Crippen molar-refractivity contribution in [2.24, 2.45) is 5.92 Å². The van der Waals surface area contributed by atoms with E-state index in [2.05, 4.69) is 20.8 Å². The summed E-state index contributed by atoms with van der Waals surface area (Å²) in [6.45, 7) is 6.77. The van der Waals surface area contributed by atoms with Crippen molar-refractivity contribution >= 4 is 10.5 Å². The van der Waals surface area contributed by atoms with Gasteiger partial charge >= 0.3 is 0 Å². The molecule has 0 saturated heterocycles. The zero-order valence-corrected chi connectivity index (χ0v) is 11.1. The molecule has 2 atom stereocenters. The van der Waals surface area contributed by atoms with Gasteiger partial charge in [0.05, 0.1) is 0 Å². The molecule has 0 aliphatic carbocycles. The lowest BCUT2D eigenvalue weighted by molar-refractivity contribution is 0.131. The van der Waals surface area contributed by atoms with Gasteiger partial charge in [-0.25, -0.2) is 0 Å². The molecule has 0 N–H and O–H groups in total. The van der Waals surface area contributed by atoms with E-state index in [-0.39, 0.29) is 0 Å². The van der Waals surface area contributed by atoms with E-state index in [0.29, 0.717) is 6.10 Å². The van der Waals surface area contributed by atoms with Gasteiger partial charge in [-0.1, -0.05) is 40.0 Å². The van der Waals surface area contributed by atoms with Gasteiger partial charge in [-0.3, -0.25) is 0 Å². The average molecular weight is 188 g/mol. The molecule has 0 fully saturated rings. The molecule has 2 heteroatoms. The van der Waals surface area contributed by atoms with Crippen LogP contribution in [-0.2, 0) is 4.43 Å². The van der Waals surface area contributed by atoms with Crippen LogP contribution in [0.2, 0.25) is 0 Å². The Hall–Kier alpha value is 0.177. The van der Waals surface area contributed by atoms with E-state index in [1.54, 1.807) is 0 Å². The Morgan fingerprint density at radius 2 is 1.83 bits per heavy atom. The van der Waals surface area contributed by atoms with Crippen molar-refractivity contribution in [2.45, 2.75) is 59.0 Å². The van der Waals surface area contributed by atoms with E-state index >= 15 is 0 Å². The fourth-order valence-corrected chi connectivity index (χ4v) is 2.53. The summed E-state index contributed by atoms with van der Waals surface area (Å²) in [6, 6.07) is 0. The zero-order chi connectivity index (χ0) is 9.40. The molecule has 0 spiro atoms. The maximum Gasteiger partial charge on any atom is 0.146 e. The van der Waals surface area contributed by atoms with Crippen LogP contribution in [0.1, 0.15) is 52.9 Å². The first-order valence-electron chi connectivity index (χ1n) is 5.32. The third-order valence-electron chi connectivity index (χ3n) is 2.68. The third-order valence-corrected chi connectivity index (χ3v) is 3.29. The minimum Gasteiger partial charge on any atom is -0.425 e. The van der Waals surface area contributed by atoms with Crippen molar-refractivity contribution in [1.82, 2.24) is 0 Å². The maximum absolute atomic E-state index is 5.59. The van der Waals surface area contributed by atoms with Gasteiger partial charge in [0.25, 0.3) is 0 Å². The number of hydrogen-bond donors (Lipinski definition) is 0. The molecule has 0 aliphatic heterocycles.